The van der Waals surface area contributed by atoms with Gasteiger partial charge < -0.3 is 34.5 Å². The van der Waals surface area contributed by atoms with Gasteiger partial charge in [0.15, 0.2) is 11.5 Å². The number of amides is 4. The standard InChI is InChI=1S/C41H53N7O10S/c1-24(2)57-33-21-32(27-14-15-31(55-5)35(56-6)34(27)43-33)58-26-20-30-37(50)44-41(39(52)46-59(53,54)40(3)17-18-40)22-25(41)12-10-8-7-9-11-13-29(38(51)48(30)23-26)42-36(49)28-16-19-47(4)45-28/h10,12,14-16,19,21,24-26,29-30H,7-9,11,13,17-18,20,22-23H2,1-6H3,(H,42,49)(H,44,50)(H,46,52)/t25-,26-,29+,30+,41-/m1/s1. The molecule has 3 N–H and O–H groups in total. The van der Waals surface area contributed by atoms with Crippen LogP contribution in [0.15, 0.2) is 42.6 Å². The number of benzene rings is 1. The van der Waals surface area contributed by atoms with Crippen LogP contribution >= 0.6 is 0 Å². The Hall–Kier alpha value is -5.39. The lowest BCUT2D eigenvalue weighted by Crippen LogP contribution is -2.58. The van der Waals surface area contributed by atoms with Gasteiger partial charge in [-0.2, -0.15) is 5.10 Å². The number of carbonyl (C=O) groups is 4. The van der Waals surface area contributed by atoms with Crippen molar-refractivity contribution in [3.8, 4) is 23.1 Å². The maximum Gasteiger partial charge on any atom is 0.272 e. The largest absolute Gasteiger partial charge is 0.493 e. The first-order valence-corrected chi connectivity index (χ1v) is 21.6. The van der Waals surface area contributed by atoms with E-state index in [1.54, 1.807) is 44.4 Å². The van der Waals surface area contributed by atoms with Crippen LogP contribution in [0, 0.1) is 5.92 Å². The topological polar surface area (TPSA) is 209 Å². The van der Waals surface area contributed by atoms with E-state index in [-0.39, 0.29) is 37.1 Å². The molecular weight excluding hydrogens is 783 g/mol. The maximum absolute atomic E-state index is 14.8. The number of ether oxygens (including phenoxy) is 4. The fraction of sp³-hybridized carbons (Fsp3) is 0.561. The molecule has 4 heterocycles. The van der Waals surface area contributed by atoms with E-state index >= 15 is 0 Å². The summed E-state index contributed by atoms with van der Waals surface area (Å²) in [6.07, 6.45) is 8.59. The molecular formula is C41H53N7O10S. The Morgan fingerprint density at radius 1 is 1.05 bits per heavy atom. The third kappa shape index (κ3) is 8.54. The molecule has 7 rings (SSSR count). The number of allylic oxidation sites excluding steroid dienone is 1. The fourth-order valence-electron chi connectivity index (χ4n) is 7.85. The van der Waals surface area contributed by atoms with Crippen LogP contribution in [0.1, 0.15) is 89.0 Å². The Morgan fingerprint density at radius 3 is 2.51 bits per heavy atom. The van der Waals surface area contributed by atoms with Crippen molar-refractivity contribution in [1.29, 1.82) is 0 Å². The van der Waals surface area contributed by atoms with Gasteiger partial charge in [0.2, 0.25) is 27.7 Å². The molecule has 0 unspecified atom stereocenters. The molecule has 318 valence electrons. The third-order valence-electron chi connectivity index (χ3n) is 11.6. The molecule has 4 amide bonds. The second-order valence-corrected chi connectivity index (χ2v) is 18.6. The molecule has 3 fully saturated rings. The van der Waals surface area contributed by atoms with Gasteiger partial charge in [-0.05, 0) is 77.5 Å². The number of rotatable bonds is 11. The summed E-state index contributed by atoms with van der Waals surface area (Å²) in [6.45, 7) is 5.25. The molecule has 0 radical (unpaired) electrons. The lowest BCUT2D eigenvalue weighted by molar-refractivity contribution is -0.141. The van der Waals surface area contributed by atoms with E-state index in [0.717, 1.165) is 12.8 Å². The van der Waals surface area contributed by atoms with Gasteiger partial charge in [0.1, 0.15) is 40.7 Å². The molecule has 18 heteroatoms. The van der Waals surface area contributed by atoms with E-state index in [0.29, 0.717) is 60.3 Å². The van der Waals surface area contributed by atoms with Gasteiger partial charge in [-0.15, -0.1) is 0 Å². The quantitative estimate of drug-likeness (QED) is 0.238. The second-order valence-electron chi connectivity index (χ2n) is 16.4. The Labute approximate surface area is 343 Å². The summed E-state index contributed by atoms with van der Waals surface area (Å²) in [5, 5.41) is 10.5. The first-order valence-electron chi connectivity index (χ1n) is 20.1. The number of aromatic nitrogens is 3. The number of hydrogen-bond acceptors (Lipinski definition) is 12. The van der Waals surface area contributed by atoms with Gasteiger partial charge in [-0.25, -0.2) is 13.4 Å². The predicted octanol–water partition coefficient (Wildman–Crippen LogP) is 3.31. The van der Waals surface area contributed by atoms with Crippen LogP contribution in [0.3, 0.4) is 0 Å². The van der Waals surface area contributed by atoms with E-state index in [2.05, 4.69) is 25.4 Å². The fourth-order valence-corrected chi connectivity index (χ4v) is 9.16. The average Bonchev–Trinajstić information content (AvgIpc) is 3.99. The van der Waals surface area contributed by atoms with Gasteiger partial charge in [-0.3, -0.25) is 28.6 Å². The number of sulfonamides is 1. The van der Waals surface area contributed by atoms with Crippen molar-refractivity contribution in [3.05, 3.63) is 48.3 Å². The lowest BCUT2D eigenvalue weighted by Gasteiger charge is -2.30. The minimum atomic E-state index is -4.02. The summed E-state index contributed by atoms with van der Waals surface area (Å²) in [7, 11) is 0.684. The van der Waals surface area contributed by atoms with Crippen molar-refractivity contribution < 1.29 is 46.5 Å². The third-order valence-corrected chi connectivity index (χ3v) is 13.8. The van der Waals surface area contributed by atoms with E-state index < -0.39 is 68.0 Å². The van der Waals surface area contributed by atoms with Gasteiger partial charge in [-0.1, -0.05) is 25.0 Å². The zero-order valence-corrected chi connectivity index (χ0v) is 35.1. The summed E-state index contributed by atoms with van der Waals surface area (Å²) in [4.78, 5) is 62.8. The average molecular weight is 836 g/mol. The van der Waals surface area contributed by atoms with E-state index in [1.807, 2.05) is 26.0 Å². The predicted molar refractivity (Wildman–Crippen MR) is 216 cm³/mol. The number of fused-ring (bicyclic) bond motifs is 3. The molecule has 0 spiro atoms. The molecule has 5 atom stereocenters. The number of hydrogen-bond donors (Lipinski definition) is 3. The van der Waals surface area contributed by atoms with Crippen molar-refractivity contribution in [3.63, 3.8) is 0 Å². The number of carbonyl (C=O) groups excluding carboxylic acids is 4. The van der Waals surface area contributed by atoms with Gasteiger partial charge in [0, 0.05) is 37.0 Å². The minimum absolute atomic E-state index is 0.00450. The number of methoxy groups -OCH3 is 2. The normalized spacial score (nSPS) is 25.5. The maximum atomic E-state index is 14.8. The minimum Gasteiger partial charge on any atom is -0.493 e. The van der Waals surface area contributed by atoms with Crippen LogP contribution in [-0.2, 0) is 31.5 Å². The van der Waals surface area contributed by atoms with Gasteiger partial charge >= 0.3 is 0 Å². The number of aryl methyl sites for hydroxylation is 1. The Kier molecular flexibility index (Phi) is 11.6. The zero-order chi connectivity index (χ0) is 42.3. The van der Waals surface area contributed by atoms with E-state index in [9.17, 15) is 27.6 Å². The molecule has 59 heavy (non-hydrogen) atoms. The molecule has 1 saturated heterocycles. The summed E-state index contributed by atoms with van der Waals surface area (Å²) in [5.74, 6) is -1.55. The summed E-state index contributed by atoms with van der Waals surface area (Å²) in [5.41, 5.74) is -1.00. The molecule has 2 aromatic heterocycles. The van der Waals surface area contributed by atoms with Crippen LogP contribution in [0.4, 0.5) is 0 Å². The van der Waals surface area contributed by atoms with E-state index in [4.69, 9.17) is 18.9 Å². The molecule has 2 aliphatic carbocycles. The monoisotopic (exact) mass is 835 g/mol. The van der Waals surface area contributed by atoms with Crippen molar-refractivity contribution >= 4 is 44.6 Å². The number of nitrogens with one attached hydrogen (secondary N) is 3. The van der Waals surface area contributed by atoms with Gasteiger partial charge in [0.25, 0.3) is 11.8 Å². The Balaban J connectivity index is 1.24. The van der Waals surface area contributed by atoms with Crippen LogP contribution in [0.25, 0.3) is 10.9 Å². The van der Waals surface area contributed by atoms with Crippen molar-refractivity contribution in [2.24, 2.45) is 13.0 Å². The second kappa shape index (κ2) is 16.3. The van der Waals surface area contributed by atoms with Crippen LogP contribution in [0.5, 0.6) is 23.1 Å². The lowest BCUT2D eigenvalue weighted by atomic mass is 10.0. The smallest absolute Gasteiger partial charge is 0.272 e. The Morgan fingerprint density at radius 2 is 1.83 bits per heavy atom. The Bertz CT molecular complexity index is 2270. The molecule has 1 aromatic carbocycles. The molecule has 3 aromatic rings. The summed E-state index contributed by atoms with van der Waals surface area (Å²) >= 11 is 0. The molecule has 2 saturated carbocycles. The highest BCUT2D eigenvalue weighted by Gasteiger charge is 2.63. The highest BCUT2D eigenvalue weighted by atomic mass is 32.2. The van der Waals surface area contributed by atoms with Crippen LogP contribution in [0.2, 0.25) is 0 Å². The van der Waals surface area contributed by atoms with Crippen molar-refractivity contribution in [2.45, 2.75) is 113 Å². The van der Waals surface area contributed by atoms with Crippen LogP contribution < -0.4 is 34.3 Å². The highest BCUT2D eigenvalue weighted by molar-refractivity contribution is 7.91. The number of pyridine rings is 1. The zero-order valence-electron chi connectivity index (χ0n) is 34.3. The van der Waals surface area contributed by atoms with Gasteiger partial charge in [0.05, 0.1) is 31.6 Å². The SMILES string of the molecule is COc1ccc2c(O[C@@H]3C[C@H]4C(=O)N[C@]5(C(=O)NS(=O)(=O)C6(C)CC6)C[C@H]5C=CCCCCC[C@H](NC(=O)c5ccn(C)n5)C(=O)N4C3)cc(OC(C)C)nc2c1OC. The first kappa shape index (κ1) is 41.8. The first-order chi connectivity index (χ1) is 28.1. The van der Waals surface area contributed by atoms with E-state index in [1.165, 1.54) is 23.8 Å². The molecule has 0 bridgehead atoms. The molecule has 2 aliphatic heterocycles. The number of nitrogens with zero attached hydrogens (tertiary/aromatic N) is 4. The highest BCUT2D eigenvalue weighted by Crippen LogP contribution is 2.48. The summed E-state index contributed by atoms with van der Waals surface area (Å²) in [6, 6.07) is 4.51. The molecule has 17 nitrogen and oxygen atoms in total. The summed E-state index contributed by atoms with van der Waals surface area (Å²) < 4.78 is 53.0. The van der Waals surface area contributed by atoms with Crippen LogP contribution in [-0.4, -0.2) is 107 Å². The van der Waals surface area contributed by atoms with Crippen molar-refractivity contribution in [2.75, 3.05) is 20.8 Å². The van der Waals surface area contributed by atoms with Crippen molar-refractivity contribution in [1.82, 2.24) is 35.0 Å². The molecule has 4 aliphatic rings.